The molecule has 7 N–H and O–H groups in total. The lowest BCUT2D eigenvalue weighted by molar-refractivity contribution is -0.134. The largest absolute Gasteiger partial charge is 0.478 e. The van der Waals surface area contributed by atoms with Gasteiger partial charge in [0.25, 0.3) is 0 Å². The van der Waals surface area contributed by atoms with Gasteiger partial charge in [-0.05, 0) is 70.1 Å². The predicted molar refractivity (Wildman–Crippen MR) is 155 cm³/mol. The van der Waals surface area contributed by atoms with Crippen LogP contribution in [0.15, 0.2) is 34.9 Å². The first-order valence-corrected chi connectivity index (χ1v) is 14.8. The number of aliphatic hydroxyl groups excluding tert-OH is 6. The van der Waals surface area contributed by atoms with Gasteiger partial charge in [-0.2, -0.15) is 0 Å². The predicted octanol–water partition coefficient (Wildman–Crippen LogP) is 3.45. The second-order valence-electron chi connectivity index (χ2n) is 13.3. The Morgan fingerprint density at radius 1 is 1.07 bits per heavy atom. The van der Waals surface area contributed by atoms with Crippen LogP contribution < -0.4 is 0 Å². The molecule has 0 heterocycles. The van der Waals surface area contributed by atoms with E-state index in [0.29, 0.717) is 6.42 Å². The van der Waals surface area contributed by atoms with Crippen molar-refractivity contribution in [3.8, 4) is 0 Å². The molecular formula is C32H54O8. The zero-order valence-corrected chi connectivity index (χ0v) is 25.5. The van der Waals surface area contributed by atoms with Gasteiger partial charge in [-0.1, -0.05) is 64.0 Å². The van der Waals surface area contributed by atoms with Gasteiger partial charge in [0, 0.05) is 22.8 Å². The fraction of sp³-hybridized carbons (Fsp3) is 0.781. The van der Waals surface area contributed by atoms with Crippen molar-refractivity contribution in [2.45, 2.75) is 118 Å². The number of aliphatic hydroxyl groups is 6. The van der Waals surface area contributed by atoms with Crippen LogP contribution in [-0.4, -0.2) is 78.3 Å². The highest BCUT2D eigenvalue weighted by molar-refractivity contribution is 5.85. The van der Waals surface area contributed by atoms with Gasteiger partial charge < -0.3 is 35.7 Å². The van der Waals surface area contributed by atoms with Crippen LogP contribution in [0.2, 0.25) is 0 Å². The maximum absolute atomic E-state index is 11.8. The van der Waals surface area contributed by atoms with Crippen molar-refractivity contribution < 1.29 is 40.5 Å². The lowest BCUT2D eigenvalue weighted by atomic mass is 9.50. The molecule has 2 rings (SSSR count). The summed E-state index contributed by atoms with van der Waals surface area (Å²) < 4.78 is 0. The van der Waals surface area contributed by atoms with E-state index in [1.165, 1.54) is 0 Å². The summed E-state index contributed by atoms with van der Waals surface area (Å²) in [6.45, 7) is 15.0. The molecule has 0 bridgehead atoms. The first-order valence-electron chi connectivity index (χ1n) is 14.8. The highest BCUT2D eigenvalue weighted by Crippen LogP contribution is 2.57. The number of aliphatic carboxylic acids is 1. The molecule has 0 amide bonds. The van der Waals surface area contributed by atoms with Gasteiger partial charge in [-0.25, -0.2) is 4.79 Å². The summed E-state index contributed by atoms with van der Waals surface area (Å²) in [7, 11) is 0. The van der Waals surface area contributed by atoms with E-state index in [-0.39, 0.29) is 54.4 Å². The van der Waals surface area contributed by atoms with Crippen molar-refractivity contribution in [2.24, 2.45) is 40.9 Å². The smallest absolute Gasteiger partial charge is 0.330 e. The molecule has 0 aromatic heterocycles. The number of hydrogen-bond acceptors (Lipinski definition) is 7. The Morgan fingerprint density at radius 2 is 1.68 bits per heavy atom. The molecule has 0 aromatic carbocycles. The number of allylic oxidation sites excluding steroid dienone is 3. The van der Waals surface area contributed by atoms with Crippen LogP contribution >= 0.6 is 0 Å². The van der Waals surface area contributed by atoms with Crippen molar-refractivity contribution in [1.29, 1.82) is 0 Å². The molecule has 0 radical (unpaired) electrons. The van der Waals surface area contributed by atoms with Crippen molar-refractivity contribution in [3.63, 3.8) is 0 Å². The Morgan fingerprint density at radius 3 is 2.23 bits per heavy atom. The minimum Gasteiger partial charge on any atom is -0.478 e. The van der Waals surface area contributed by atoms with Gasteiger partial charge >= 0.3 is 5.97 Å². The van der Waals surface area contributed by atoms with Gasteiger partial charge in [-0.3, -0.25) is 0 Å². The number of carboxylic acids is 1. The zero-order valence-electron chi connectivity index (χ0n) is 25.5. The van der Waals surface area contributed by atoms with Gasteiger partial charge in [0.2, 0.25) is 0 Å². The van der Waals surface area contributed by atoms with Crippen molar-refractivity contribution in [1.82, 2.24) is 0 Å². The third-order valence-corrected chi connectivity index (χ3v) is 9.64. The highest BCUT2D eigenvalue weighted by atomic mass is 16.4. The Hall–Kier alpha value is -1.55. The van der Waals surface area contributed by atoms with Crippen LogP contribution in [0, 0.1) is 40.9 Å². The van der Waals surface area contributed by atoms with Crippen LogP contribution in [0.4, 0.5) is 0 Å². The summed E-state index contributed by atoms with van der Waals surface area (Å²) in [4.78, 5) is 11.8. The van der Waals surface area contributed by atoms with E-state index in [4.69, 9.17) is 0 Å². The van der Waals surface area contributed by atoms with Crippen molar-refractivity contribution >= 4 is 5.97 Å². The second-order valence-corrected chi connectivity index (χ2v) is 13.3. The molecule has 40 heavy (non-hydrogen) atoms. The topological polar surface area (TPSA) is 159 Å². The third-order valence-electron chi connectivity index (χ3n) is 9.64. The van der Waals surface area contributed by atoms with Gasteiger partial charge in [0.05, 0.1) is 36.6 Å². The van der Waals surface area contributed by atoms with Crippen molar-refractivity contribution in [2.75, 3.05) is 0 Å². The summed E-state index contributed by atoms with van der Waals surface area (Å²) in [6, 6.07) is 0. The van der Waals surface area contributed by atoms with E-state index in [1.54, 1.807) is 19.9 Å². The van der Waals surface area contributed by atoms with Crippen LogP contribution in [0.25, 0.3) is 0 Å². The number of carboxylic acid groups (broad SMARTS) is 1. The Labute approximate surface area is 240 Å². The first kappa shape index (κ1) is 34.7. The number of hydrogen-bond donors (Lipinski definition) is 7. The molecule has 0 aromatic rings. The zero-order chi connectivity index (χ0) is 30.7. The van der Waals surface area contributed by atoms with E-state index in [2.05, 4.69) is 0 Å². The number of fused-ring (bicyclic) bond motifs is 1. The molecule has 1 saturated carbocycles. The molecule has 230 valence electrons. The van der Waals surface area contributed by atoms with Crippen LogP contribution in [0.1, 0.15) is 81.1 Å². The maximum atomic E-state index is 11.8. The summed E-state index contributed by atoms with van der Waals surface area (Å²) in [6.07, 6.45) is 1.44. The minimum atomic E-state index is -1.000. The van der Waals surface area contributed by atoms with Gasteiger partial charge in [0.15, 0.2) is 0 Å². The average molecular weight is 567 g/mol. The summed E-state index contributed by atoms with van der Waals surface area (Å²) >= 11 is 0. The molecule has 0 spiro atoms. The molecule has 12 unspecified atom stereocenters. The lowest BCUT2D eigenvalue weighted by Crippen LogP contribution is -2.57. The molecule has 1 fully saturated rings. The Balaban J connectivity index is 2.26. The highest BCUT2D eigenvalue weighted by Gasteiger charge is 2.55. The van der Waals surface area contributed by atoms with E-state index >= 15 is 0 Å². The molecule has 8 heteroatoms. The van der Waals surface area contributed by atoms with E-state index in [9.17, 15) is 40.5 Å². The third kappa shape index (κ3) is 7.84. The molecular weight excluding hydrogens is 512 g/mol. The molecule has 0 aliphatic heterocycles. The standard InChI is InChI=1S/C32H54O8/c1-16(2)29(37)21(7)25(35)14-23(34)13-22(33)10-9-17(3)27-20(6)15-32(8)28(18(4)12-26(36)30(32)38)24(27)11-19(5)31(39)40/h9,11,15-16,18,21-30,33-38H,10,12-14H2,1-8H3,(H,39,40). The fourth-order valence-corrected chi connectivity index (χ4v) is 7.45. The summed E-state index contributed by atoms with van der Waals surface area (Å²) in [5.74, 6) is -1.86. The summed E-state index contributed by atoms with van der Waals surface area (Å²) in [5, 5.41) is 73.1. The molecule has 0 saturated heterocycles. The van der Waals surface area contributed by atoms with E-state index < -0.39 is 53.9 Å². The van der Waals surface area contributed by atoms with Crippen LogP contribution in [-0.2, 0) is 4.79 Å². The maximum Gasteiger partial charge on any atom is 0.330 e. The van der Waals surface area contributed by atoms with E-state index in [0.717, 1.165) is 11.1 Å². The lowest BCUT2D eigenvalue weighted by Gasteiger charge is -2.56. The summed E-state index contributed by atoms with van der Waals surface area (Å²) in [5.41, 5.74) is 1.45. The van der Waals surface area contributed by atoms with E-state index in [1.807, 2.05) is 53.7 Å². The Kier molecular flexibility index (Phi) is 12.2. The SMILES string of the molecule is CC(=CC1C(C(C)=CCC(O)CC(O)CC(O)C(C)C(O)C(C)C)C(C)=CC2(C)C(O)C(O)CC(C)C12)C(=O)O. The fourth-order valence-electron chi connectivity index (χ4n) is 7.45. The Bertz CT molecular complexity index is 955. The molecule has 12 atom stereocenters. The van der Waals surface area contributed by atoms with Crippen molar-refractivity contribution in [3.05, 3.63) is 34.9 Å². The second kappa shape index (κ2) is 14.1. The quantitative estimate of drug-likeness (QED) is 0.140. The molecule has 2 aliphatic carbocycles. The minimum absolute atomic E-state index is 0.0152. The first-order chi connectivity index (χ1) is 18.4. The monoisotopic (exact) mass is 566 g/mol. The van der Waals surface area contributed by atoms with Gasteiger partial charge in [0.1, 0.15) is 0 Å². The average Bonchev–Trinajstić information content (AvgIpc) is 2.84. The number of rotatable bonds is 12. The molecule has 8 nitrogen and oxygen atoms in total. The normalized spacial score (nSPS) is 35.4. The van der Waals surface area contributed by atoms with Crippen LogP contribution in [0.3, 0.4) is 0 Å². The number of carbonyl (C=O) groups is 1. The molecule has 2 aliphatic rings. The van der Waals surface area contributed by atoms with Crippen LogP contribution in [0.5, 0.6) is 0 Å². The van der Waals surface area contributed by atoms with Gasteiger partial charge in [-0.15, -0.1) is 0 Å².